The van der Waals surface area contributed by atoms with Gasteiger partial charge in [-0.1, -0.05) is 0 Å². The van der Waals surface area contributed by atoms with E-state index in [1.54, 1.807) is 0 Å². The van der Waals surface area contributed by atoms with E-state index in [0.29, 0.717) is 0 Å². The number of hydrogen-bond acceptors (Lipinski definition) is 3. The average Bonchev–Trinajstić information content (AvgIpc) is 2.83. The van der Waals surface area contributed by atoms with Gasteiger partial charge in [0, 0.05) is 38.4 Å². The van der Waals surface area contributed by atoms with Crippen LogP contribution in [0, 0.1) is 13.8 Å². The summed E-state index contributed by atoms with van der Waals surface area (Å²) in [6.07, 6.45) is 2.11. The number of nitrogens with one attached hydrogen (secondary N) is 1. The maximum absolute atomic E-state index is 4.44. The fourth-order valence-corrected chi connectivity index (χ4v) is 2.05. The third-order valence-electron chi connectivity index (χ3n) is 3.09. The zero-order chi connectivity index (χ0) is 13.1. The molecule has 2 heterocycles. The van der Waals surface area contributed by atoms with E-state index >= 15 is 0 Å². The van der Waals surface area contributed by atoms with Crippen LogP contribution in [-0.2, 0) is 26.7 Å². The van der Waals surface area contributed by atoms with Crippen LogP contribution in [0.4, 0.5) is 0 Å². The first-order valence-electron chi connectivity index (χ1n) is 6.33. The van der Waals surface area contributed by atoms with Gasteiger partial charge in [-0.05, 0) is 26.8 Å². The molecule has 0 aliphatic heterocycles. The Morgan fingerprint density at radius 3 is 2.56 bits per heavy atom. The SMILES string of the molecule is CCn1cc(CNCc2cc(C)nn2C)c(C)n1. The minimum Gasteiger partial charge on any atom is -0.307 e. The zero-order valence-corrected chi connectivity index (χ0v) is 11.6. The molecule has 0 aromatic carbocycles. The van der Waals surface area contributed by atoms with E-state index in [4.69, 9.17) is 0 Å². The lowest BCUT2D eigenvalue weighted by Gasteiger charge is -2.04. The first-order chi connectivity index (χ1) is 8.60. The molecule has 1 N–H and O–H groups in total. The molecule has 2 aromatic rings. The summed E-state index contributed by atoms with van der Waals surface area (Å²) < 4.78 is 3.89. The molecule has 5 nitrogen and oxygen atoms in total. The first-order valence-corrected chi connectivity index (χ1v) is 6.33. The smallest absolute Gasteiger partial charge is 0.0638 e. The summed E-state index contributed by atoms with van der Waals surface area (Å²) in [7, 11) is 1.98. The van der Waals surface area contributed by atoms with Crippen LogP contribution in [0.5, 0.6) is 0 Å². The molecular formula is C13H21N5. The molecule has 98 valence electrons. The lowest BCUT2D eigenvalue weighted by atomic mass is 10.2. The summed E-state index contributed by atoms with van der Waals surface area (Å²) in [6.45, 7) is 8.75. The van der Waals surface area contributed by atoms with Gasteiger partial charge >= 0.3 is 0 Å². The summed E-state index contributed by atoms with van der Waals surface area (Å²) in [6, 6.07) is 2.11. The van der Waals surface area contributed by atoms with Crippen molar-refractivity contribution >= 4 is 0 Å². The third kappa shape index (κ3) is 2.79. The Morgan fingerprint density at radius 2 is 2.00 bits per heavy atom. The fourth-order valence-electron chi connectivity index (χ4n) is 2.05. The van der Waals surface area contributed by atoms with Crippen LogP contribution in [0.1, 0.15) is 29.6 Å². The molecule has 0 spiro atoms. The molecule has 2 aromatic heterocycles. The number of hydrogen-bond donors (Lipinski definition) is 1. The molecule has 0 atom stereocenters. The van der Waals surface area contributed by atoms with Crippen molar-refractivity contribution < 1.29 is 0 Å². The Balaban J connectivity index is 1.92. The summed E-state index contributed by atoms with van der Waals surface area (Å²) in [5, 5.41) is 12.2. The van der Waals surface area contributed by atoms with Crippen molar-refractivity contribution in [3.63, 3.8) is 0 Å². The van der Waals surface area contributed by atoms with Crippen LogP contribution in [0.3, 0.4) is 0 Å². The standard InChI is InChI=1S/C13H21N5/c1-5-18-9-12(11(3)16-18)7-14-8-13-6-10(2)15-17(13)4/h6,9,14H,5,7-8H2,1-4H3. The Kier molecular flexibility index (Phi) is 3.81. The van der Waals surface area contributed by atoms with Gasteiger partial charge in [0.1, 0.15) is 0 Å². The maximum atomic E-state index is 4.44. The molecule has 5 heteroatoms. The Bertz CT molecular complexity index is 523. The monoisotopic (exact) mass is 247 g/mol. The number of aryl methyl sites for hydroxylation is 4. The van der Waals surface area contributed by atoms with E-state index in [-0.39, 0.29) is 0 Å². The van der Waals surface area contributed by atoms with Gasteiger partial charge in [-0.2, -0.15) is 10.2 Å². The summed E-state index contributed by atoms with van der Waals surface area (Å²) in [5.74, 6) is 0. The van der Waals surface area contributed by atoms with Gasteiger partial charge in [-0.15, -0.1) is 0 Å². The largest absolute Gasteiger partial charge is 0.307 e. The summed E-state index contributed by atoms with van der Waals surface area (Å²) in [4.78, 5) is 0. The zero-order valence-electron chi connectivity index (χ0n) is 11.6. The highest BCUT2D eigenvalue weighted by Crippen LogP contribution is 2.06. The number of aromatic nitrogens is 4. The topological polar surface area (TPSA) is 47.7 Å². The minimum atomic E-state index is 0.827. The van der Waals surface area contributed by atoms with Crippen molar-refractivity contribution in [2.45, 2.75) is 40.4 Å². The molecule has 0 aliphatic carbocycles. The molecule has 0 saturated carbocycles. The lowest BCUT2D eigenvalue weighted by Crippen LogP contribution is -2.15. The van der Waals surface area contributed by atoms with Crippen molar-refractivity contribution in [2.24, 2.45) is 7.05 Å². The van der Waals surface area contributed by atoms with Gasteiger partial charge in [-0.3, -0.25) is 9.36 Å². The van der Waals surface area contributed by atoms with E-state index in [2.05, 4.69) is 41.6 Å². The van der Waals surface area contributed by atoms with Gasteiger partial charge in [0.2, 0.25) is 0 Å². The molecule has 0 fully saturated rings. The predicted octanol–water partition coefficient (Wildman–Crippen LogP) is 1.54. The highest BCUT2D eigenvalue weighted by Gasteiger charge is 2.05. The third-order valence-corrected chi connectivity index (χ3v) is 3.09. The highest BCUT2D eigenvalue weighted by molar-refractivity contribution is 5.15. The van der Waals surface area contributed by atoms with Gasteiger partial charge in [0.25, 0.3) is 0 Å². The van der Waals surface area contributed by atoms with Crippen LogP contribution in [0.25, 0.3) is 0 Å². The van der Waals surface area contributed by atoms with Crippen LogP contribution >= 0.6 is 0 Å². The van der Waals surface area contributed by atoms with Gasteiger partial charge in [0.05, 0.1) is 17.1 Å². The normalized spacial score (nSPS) is 11.1. The van der Waals surface area contributed by atoms with Crippen LogP contribution in [0.2, 0.25) is 0 Å². The van der Waals surface area contributed by atoms with Crippen molar-refractivity contribution in [3.05, 3.63) is 34.9 Å². The molecule has 0 unspecified atom stereocenters. The average molecular weight is 247 g/mol. The van der Waals surface area contributed by atoms with E-state index in [0.717, 1.165) is 31.0 Å². The van der Waals surface area contributed by atoms with Gasteiger partial charge in [-0.25, -0.2) is 0 Å². The Labute approximate surface area is 108 Å². The lowest BCUT2D eigenvalue weighted by molar-refractivity contribution is 0.622. The second-order valence-electron chi connectivity index (χ2n) is 4.60. The molecule has 18 heavy (non-hydrogen) atoms. The van der Waals surface area contributed by atoms with Crippen molar-refractivity contribution in [3.8, 4) is 0 Å². The van der Waals surface area contributed by atoms with Crippen molar-refractivity contribution in [1.29, 1.82) is 0 Å². The summed E-state index contributed by atoms with van der Waals surface area (Å²) >= 11 is 0. The van der Waals surface area contributed by atoms with Crippen molar-refractivity contribution in [2.75, 3.05) is 0 Å². The first kappa shape index (κ1) is 12.8. The second-order valence-corrected chi connectivity index (χ2v) is 4.60. The number of rotatable bonds is 5. The van der Waals surface area contributed by atoms with Crippen LogP contribution < -0.4 is 5.32 Å². The molecule has 0 amide bonds. The molecular weight excluding hydrogens is 226 g/mol. The van der Waals surface area contributed by atoms with E-state index < -0.39 is 0 Å². The van der Waals surface area contributed by atoms with E-state index in [9.17, 15) is 0 Å². The highest BCUT2D eigenvalue weighted by atomic mass is 15.3. The van der Waals surface area contributed by atoms with Gasteiger partial charge < -0.3 is 5.32 Å². The van der Waals surface area contributed by atoms with Crippen LogP contribution in [-0.4, -0.2) is 19.6 Å². The van der Waals surface area contributed by atoms with E-state index in [1.165, 1.54) is 11.3 Å². The quantitative estimate of drug-likeness (QED) is 0.872. The molecule has 0 aliphatic rings. The predicted molar refractivity (Wildman–Crippen MR) is 71.1 cm³/mol. The second kappa shape index (κ2) is 5.35. The summed E-state index contributed by atoms with van der Waals surface area (Å²) in [5.41, 5.74) is 4.62. The molecule has 2 rings (SSSR count). The maximum Gasteiger partial charge on any atom is 0.0638 e. The number of nitrogens with zero attached hydrogens (tertiary/aromatic N) is 4. The molecule has 0 bridgehead atoms. The Hall–Kier alpha value is -1.62. The fraction of sp³-hybridized carbons (Fsp3) is 0.538. The van der Waals surface area contributed by atoms with Gasteiger partial charge in [0.15, 0.2) is 0 Å². The van der Waals surface area contributed by atoms with E-state index in [1.807, 2.05) is 23.3 Å². The Morgan fingerprint density at radius 1 is 1.22 bits per heavy atom. The van der Waals surface area contributed by atoms with Crippen molar-refractivity contribution in [1.82, 2.24) is 24.9 Å². The van der Waals surface area contributed by atoms with Crippen LogP contribution in [0.15, 0.2) is 12.3 Å². The minimum absolute atomic E-state index is 0.827. The molecule has 0 radical (unpaired) electrons. The molecule has 0 saturated heterocycles.